The Morgan fingerprint density at radius 3 is 2.38 bits per heavy atom. The maximum atomic E-state index is 9.52. The third-order valence-electron chi connectivity index (χ3n) is 1.62. The molecule has 0 fully saturated rings. The molecule has 3 nitrogen and oxygen atoms in total. The molecule has 0 radical (unpaired) electrons. The fourth-order valence-corrected chi connectivity index (χ4v) is 1.85. The van der Waals surface area contributed by atoms with E-state index in [9.17, 15) is 4.89 Å². The molecule has 1 N–H and O–H groups in total. The van der Waals surface area contributed by atoms with Crippen molar-refractivity contribution < 1.29 is 14.2 Å². The summed E-state index contributed by atoms with van der Waals surface area (Å²) in [6.07, 6.45) is 0. The highest BCUT2D eigenvalue weighted by Gasteiger charge is 2.15. The number of ether oxygens (including phenoxy) is 1. The third-order valence-corrected chi connectivity index (χ3v) is 3.01. The molecule has 0 saturated heterocycles. The van der Waals surface area contributed by atoms with Crippen LogP contribution < -0.4 is 10.0 Å². The van der Waals surface area contributed by atoms with Gasteiger partial charge in [-0.3, -0.25) is 0 Å². The summed E-state index contributed by atoms with van der Waals surface area (Å²) in [6, 6.07) is 7.27. The lowest BCUT2D eigenvalue weighted by Gasteiger charge is -2.02. The lowest BCUT2D eigenvalue weighted by molar-refractivity contribution is 0.337. The zero-order valence-corrected chi connectivity index (χ0v) is 8.78. The van der Waals surface area contributed by atoms with Crippen molar-refractivity contribution in [3.8, 4) is 5.75 Å². The topological polar surface area (TPSA) is 38.7 Å². The van der Waals surface area contributed by atoms with Crippen molar-refractivity contribution in [2.45, 2.75) is 6.92 Å². The van der Waals surface area contributed by atoms with Crippen LogP contribution in [0.4, 0.5) is 0 Å². The largest absolute Gasteiger partial charge is 0.497 e. The number of hydrogen-bond donors (Lipinski definition) is 1. The molecule has 13 heavy (non-hydrogen) atoms. The Hall–Kier alpha value is -0.630. The Morgan fingerprint density at radius 1 is 1.31 bits per heavy atom. The van der Waals surface area contributed by atoms with Gasteiger partial charge in [0.05, 0.1) is 13.7 Å². The van der Waals surface area contributed by atoms with Gasteiger partial charge in [0.25, 0.3) is 8.38 Å². The minimum absolute atomic E-state index is 0.539. The van der Waals surface area contributed by atoms with Crippen molar-refractivity contribution in [1.82, 2.24) is 0 Å². The highest BCUT2D eigenvalue weighted by molar-refractivity contribution is 7.55. The SMILES string of the molecule is CCO[PH+](O)c1ccc(OC)cc1. The molecule has 0 heterocycles. The van der Waals surface area contributed by atoms with Gasteiger partial charge >= 0.3 is 0 Å². The number of hydrogen-bond acceptors (Lipinski definition) is 3. The zero-order chi connectivity index (χ0) is 9.68. The van der Waals surface area contributed by atoms with E-state index >= 15 is 0 Å². The van der Waals surface area contributed by atoms with Crippen LogP contribution in [0.3, 0.4) is 0 Å². The predicted octanol–water partition coefficient (Wildman–Crippen LogP) is 1.39. The van der Waals surface area contributed by atoms with Crippen molar-refractivity contribution in [2.24, 2.45) is 0 Å². The molecule has 0 aliphatic heterocycles. The van der Waals surface area contributed by atoms with Gasteiger partial charge in [0.15, 0.2) is 5.30 Å². The van der Waals surface area contributed by atoms with Crippen LogP contribution in [0.2, 0.25) is 0 Å². The van der Waals surface area contributed by atoms with Crippen LogP contribution in [0.5, 0.6) is 5.75 Å². The maximum Gasteiger partial charge on any atom is 0.291 e. The van der Waals surface area contributed by atoms with Crippen LogP contribution in [0.15, 0.2) is 24.3 Å². The number of rotatable bonds is 4. The Labute approximate surface area is 79.2 Å². The van der Waals surface area contributed by atoms with E-state index < -0.39 is 8.38 Å². The molecule has 4 heteroatoms. The minimum Gasteiger partial charge on any atom is -0.497 e. The monoisotopic (exact) mass is 201 g/mol. The quantitative estimate of drug-likeness (QED) is 0.748. The molecule has 1 aromatic carbocycles. The summed E-state index contributed by atoms with van der Waals surface area (Å²) >= 11 is 0. The molecule has 0 aromatic heterocycles. The smallest absolute Gasteiger partial charge is 0.291 e. The van der Waals surface area contributed by atoms with Crippen molar-refractivity contribution in [3.05, 3.63) is 24.3 Å². The average molecular weight is 201 g/mol. The van der Waals surface area contributed by atoms with Crippen LogP contribution >= 0.6 is 8.38 Å². The van der Waals surface area contributed by atoms with E-state index in [1.807, 2.05) is 31.2 Å². The fraction of sp³-hybridized carbons (Fsp3) is 0.333. The Kier molecular flexibility index (Phi) is 4.16. The predicted molar refractivity (Wildman–Crippen MR) is 54.8 cm³/mol. The van der Waals surface area contributed by atoms with Crippen LogP contribution in [0.1, 0.15) is 6.92 Å². The second kappa shape index (κ2) is 5.18. The van der Waals surface area contributed by atoms with Gasteiger partial charge in [-0.05, 0) is 31.2 Å². The summed E-state index contributed by atoms with van der Waals surface area (Å²) in [5.74, 6) is 0.787. The van der Waals surface area contributed by atoms with Crippen molar-refractivity contribution >= 4 is 13.7 Å². The van der Waals surface area contributed by atoms with Gasteiger partial charge in [0, 0.05) is 0 Å². The second-order valence-electron chi connectivity index (χ2n) is 2.47. The molecule has 0 spiro atoms. The lowest BCUT2D eigenvalue weighted by Crippen LogP contribution is -2.02. The van der Waals surface area contributed by atoms with Crippen LogP contribution in [0, 0.1) is 0 Å². The Bertz CT molecular complexity index is 248. The Morgan fingerprint density at radius 2 is 1.92 bits per heavy atom. The van der Waals surface area contributed by atoms with Gasteiger partial charge in [-0.15, -0.1) is 0 Å². The van der Waals surface area contributed by atoms with Crippen molar-refractivity contribution in [3.63, 3.8) is 0 Å². The van der Waals surface area contributed by atoms with Gasteiger partial charge in [-0.25, -0.2) is 9.42 Å². The molecular weight excluding hydrogens is 187 g/mol. The van der Waals surface area contributed by atoms with Crippen LogP contribution in [-0.2, 0) is 4.52 Å². The first-order chi connectivity index (χ1) is 6.27. The van der Waals surface area contributed by atoms with Gasteiger partial charge in [-0.1, -0.05) is 0 Å². The molecule has 1 unspecified atom stereocenters. The standard InChI is InChI=1S/C9H13O3P/c1-3-12-13(10)9-6-4-8(11-2)5-7-9/h4-7,10H,3H2,1-2H3/p+1. The molecule has 0 bridgehead atoms. The first-order valence-corrected chi connectivity index (χ1v) is 5.46. The summed E-state index contributed by atoms with van der Waals surface area (Å²) in [5.41, 5.74) is 0. The third kappa shape index (κ3) is 2.96. The molecule has 1 aromatic rings. The molecule has 1 rings (SSSR count). The molecule has 1 atom stereocenters. The Balaban J connectivity index is 2.67. The first-order valence-electron chi connectivity index (χ1n) is 4.11. The highest BCUT2D eigenvalue weighted by Crippen LogP contribution is 2.30. The fourth-order valence-electron chi connectivity index (χ4n) is 0.954. The van der Waals surface area contributed by atoms with Crippen LogP contribution in [0.25, 0.3) is 0 Å². The number of benzene rings is 1. The molecule has 0 aliphatic rings. The van der Waals surface area contributed by atoms with E-state index in [0.29, 0.717) is 6.61 Å². The maximum absolute atomic E-state index is 9.52. The normalized spacial score (nSPS) is 12.5. The van der Waals surface area contributed by atoms with E-state index in [1.54, 1.807) is 7.11 Å². The van der Waals surface area contributed by atoms with E-state index in [0.717, 1.165) is 11.1 Å². The van der Waals surface area contributed by atoms with E-state index in [1.165, 1.54) is 0 Å². The summed E-state index contributed by atoms with van der Waals surface area (Å²) < 4.78 is 10.1. The van der Waals surface area contributed by atoms with Gasteiger partial charge in [-0.2, -0.15) is 0 Å². The number of methoxy groups -OCH3 is 1. The summed E-state index contributed by atoms with van der Waals surface area (Å²) in [7, 11) is -0.185. The van der Waals surface area contributed by atoms with Crippen molar-refractivity contribution in [2.75, 3.05) is 13.7 Å². The summed E-state index contributed by atoms with van der Waals surface area (Å²) in [6.45, 7) is 2.40. The molecule has 72 valence electrons. The summed E-state index contributed by atoms with van der Waals surface area (Å²) in [5, 5.41) is 0.840. The summed E-state index contributed by atoms with van der Waals surface area (Å²) in [4.78, 5) is 9.52. The second-order valence-corrected chi connectivity index (χ2v) is 3.94. The highest BCUT2D eigenvalue weighted by atomic mass is 31.2. The van der Waals surface area contributed by atoms with E-state index in [-0.39, 0.29) is 0 Å². The van der Waals surface area contributed by atoms with Gasteiger partial charge < -0.3 is 4.74 Å². The molecule has 0 amide bonds. The van der Waals surface area contributed by atoms with E-state index in [4.69, 9.17) is 9.26 Å². The van der Waals surface area contributed by atoms with Crippen molar-refractivity contribution in [1.29, 1.82) is 0 Å². The van der Waals surface area contributed by atoms with Gasteiger partial charge in [0.1, 0.15) is 5.75 Å². The van der Waals surface area contributed by atoms with E-state index in [2.05, 4.69) is 0 Å². The lowest BCUT2D eigenvalue weighted by atomic mass is 10.3. The zero-order valence-electron chi connectivity index (χ0n) is 7.78. The first kappa shape index (κ1) is 10.5. The molecule has 0 aliphatic carbocycles. The van der Waals surface area contributed by atoms with Crippen LogP contribution in [-0.4, -0.2) is 18.6 Å². The van der Waals surface area contributed by atoms with Gasteiger partial charge in [0.2, 0.25) is 0 Å². The average Bonchev–Trinajstić information content (AvgIpc) is 2.18. The molecule has 0 saturated carbocycles. The minimum atomic E-state index is -1.80. The molecular formula is C9H14O3P+.